The summed E-state index contributed by atoms with van der Waals surface area (Å²) in [4.78, 5) is 20.5. The van der Waals surface area contributed by atoms with E-state index in [1.54, 1.807) is 36.4 Å². The maximum Gasteiger partial charge on any atom is 0.417 e. The van der Waals surface area contributed by atoms with Crippen LogP contribution in [0.3, 0.4) is 0 Å². The Kier molecular flexibility index (Phi) is 4.31. The van der Waals surface area contributed by atoms with Crippen LogP contribution in [0.1, 0.15) is 18.9 Å². The van der Waals surface area contributed by atoms with E-state index in [1.807, 2.05) is 6.20 Å². The molecule has 150 valence electrons. The van der Waals surface area contributed by atoms with Gasteiger partial charge in [0.15, 0.2) is 0 Å². The molecule has 1 saturated carbocycles. The van der Waals surface area contributed by atoms with Crippen LogP contribution in [0, 0.1) is 5.82 Å². The zero-order chi connectivity index (χ0) is 20.7. The van der Waals surface area contributed by atoms with Crippen molar-refractivity contribution >= 4 is 28.6 Å². The molecular formula is C22H18FN5O2. The fourth-order valence-electron chi connectivity index (χ4n) is 3.47. The number of ether oxygens (including phenoxy) is 1. The number of nitrogen functional groups attached to an aromatic ring is 1. The monoisotopic (exact) mass is 403 g/mol. The van der Waals surface area contributed by atoms with Crippen molar-refractivity contribution in [3.63, 3.8) is 0 Å². The lowest BCUT2D eigenvalue weighted by Crippen LogP contribution is -2.17. The minimum absolute atomic E-state index is 0.0230. The predicted molar refractivity (Wildman–Crippen MR) is 112 cm³/mol. The number of aromatic nitrogens is 3. The van der Waals surface area contributed by atoms with Crippen molar-refractivity contribution in [1.29, 1.82) is 0 Å². The molecule has 1 amide bonds. The van der Waals surface area contributed by atoms with Crippen LogP contribution >= 0.6 is 0 Å². The molecule has 2 aromatic carbocycles. The van der Waals surface area contributed by atoms with Crippen molar-refractivity contribution in [2.75, 3.05) is 11.1 Å². The van der Waals surface area contributed by atoms with E-state index in [-0.39, 0.29) is 5.69 Å². The van der Waals surface area contributed by atoms with Gasteiger partial charge in [-0.3, -0.25) is 5.32 Å². The fourth-order valence-corrected chi connectivity index (χ4v) is 3.47. The molecule has 0 unspecified atom stereocenters. The van der Waals surface area contributed by atoms with Crippen LogP contribution in [0.2, 0.25) is 0 Å². The van der Waals surface area contributed by atoms with Gasteiger partial charge in [0.2, 0.25) is 0 Å². The third kappa shape index (κ3) is 3.32. The molecule has 1 fully saturated rings. The van der Waals surface area contributed by atoms with Gasteiger partial charge in [-0.25, -0.2) is 19.2 Å². The van der Waals surface area contributed by atoms with Crippen LogP contribution in [0.4, 0.5) is 20.7 Å². The highest BCUT2D eigenvalue weighted by Gasteiger charge is 2.27. The number of carbonyl (C=O) groups excluding carboxylic acids is 1. The molecule has 5 rings (SSSR count). The van der Waals surface area contributed by atoms with Gasteiger partial charge in [0, 0.05) is 17.8 Å². The maximum atomic E-state index is 14.8. The smallest absolute Gasteiger partial charge is 0.410 e. The summed E-state index contributed by atoms with van der Waals surface area (Å²) in [6, 6.07) is 13.5. The van der Waals surface area contributed by atoms with E-state index >= 15 is 0 Å². The summed E-state index contributed by atoms with van der Waals surface area (Å²) in [5.41, 5.74) is 8.25. The fraction of sp³-hybridized carbons (Fsp3) is 0.136. The molecule has 2 aromatic heterocycles. The minimum Gasteiger partial charge on any atom is -0.410 e. The predicted octanol–water partition coefficient (Wildman–Crippen LogP) is 4.77. The molecule has 8 heteroatoms. The standard InChI is InChI=1S/C22H18FN5O2/c23-17-10-13(6-9-18(17)27-22(29)30-15-4-2-1-3-5-15)16-11-28(14-7-8-14)21-19(16)20(24)25-12-26-21/h1-6,9-12,14H,7-8H2,(H,27,29)(H2,24,25,26). The maximum absolute atomic E-state index is 14.8. The average molecular weight is 403 g/mol. The number of carbonyl (C=O) groups is 1. The first-order valence-electron chi connectivity index (χ1n) is 9.55. The Morgan fingerprint density at radius 3 is 2.70 bits per heavy atom. The van der Waals surface area contributed by atoms with E-state index < -0.39 is 11.9 Å². The molecule has 30 heavy (non-hydrogen) atoms. The zero-order valence-corrected chi connectivity index (χ0v) is 15.9. The second kappa shape index (κ2) is 7.14. The minimum atomic E-state index is -0.768. The topological polar surface area (TPSA) is 95.1 Å². The summed E-state index contributed by atoms with van der Waals surface area (Å²) in [7, 11) is 0. The molecule has 1 aliphatic rings. The molecule has 0 bridgehead atoms. The quantitative estimate of drug-likeness (QED) is 0.512. The molecule has 1 aliphatic carbocycles. The zero-order valence-electron chi connectivity index (χ0n) is 15.9. The van der Waals surface area contributed by atoms with Gasteiger partial charge in [0.25, 0.3) is 0 Å². The normalized spacial score (nSPS) is 13.4. The highest BCUT2D eigenvalue weighted by atomic mass is 19.1. The lowest BCUT2D eigenvalue weighted by Gasteiger charge is -2.09. The summed E-state index contributed by atoms with van der Waals surface area (Å²) < 4.78 is 22.0. The van der Waals surface area contributed by atoms with E-state index in [1.165, 1.54) is 18.5 Å². The molecule has 3 N–H and O–H groups in total. The Bertz CT molecular complexity index is 1250. The van der Waals surface area contributed by atoms with Crippen LogP contribution < -0.4 is 15.8 Å². The van der Waals surface area contributed by atoms with Crippen LogP contribution in [0.5, 0.6) is 5.75 Å². The lowest BCUT2D eigenvalue weighted by molar-refractivity contribution is 0.215. The molecule has 7 nitrogen and oxygen atoms in total. The van der Waals surface area contributed by atoms with E-state index in [9.17, 15) is 9.18 Å². The average Bonchev–Trinajstić information content (AvgIpc) is 3.50. The van der Waals surface area contributed by atoms with Gasteiger partial charge in [-0.1, -0.05) is 24.3 Å². The van der Waals surface area contributed by atoms with E-state index in [0.29, 0.717) is 28.6 Å². The second-order valence-electron chi connectivity index (χ2n) is 7.16. The van der Waals surface area contributed by atoms with Crippen molar-refractivity contribution < 1.29 is 13.9 Å². The number of anilines is 2. The number of nitrogens with one attached hydrogen (secondary N) is 1. The first-order chi connectivity index (χ1) is 14.6. The third-order valence-electron chi connectivity index (χ3n) is 5.05. The Labute approximate surface area is 171 Å². The lowest BCUT2D eigenvalue weighted by atomic mass is 10.1. The number of halogens is 1. The van der Waals surface area contributed by atoms with Gasteiger partial charge in [-0.2, -0.15) is 0 Å². The number of nitrogens with zero attached hydrogens (tertiary/aromatic N) is 3. The Morgan fingerprint density at radius 2 is 1.97 bits per heavy atom. The van der Waals surface area contributed by atoms with Crippen molar-refractivity contribution in [1.82, 2.24) is 14.5 Å². The SMILES string of the molecule is Nc1ncnc2c1c(-c1ccc(NC(=O)Oc3ccccc3)c(F)c1)cn2C1CC1. The van der Waals surface area contributed by atoms with Crippen molar-refractivity contribution in [2.45, 2.75) is 18.9 Å². The summed E-state index contributed by atoms with van der Waals surface area (Å²) in [6.07, 6.45) is 4.77. The van der Waals surface area contributed by atoms with Crippen LogP contribution in [0.15, 0.2) is 61.1 Å². The summed E-state index contributed by atoms with van der Waals surface area (Å²) in [6.45, 7) is 0. The third-order valence-corrected chi connectivity index (χ3v) is 5.05. The highest BCUT2D eigenvalue weighted by Crippen LogP contribution is 2.42. The van der Waals surface area contributed by atoms with Crippen molar-refractivity contribution in [3.05, 3.63) is 66.9 Å². The number of hydrogen-bond donors (Lipinski definition) is 2. The van der Waals surface area contributed by atoms with Crippen LogP contribution in [-0.2, 0) is 0 Å². The summed E-state index contributed by atoms with van der Waals surface area (Å²) in [5, 5.41) is 3.13. The molecule has 0 aliphatic heterocycles. The number of rotatable bonds is 4. The van der Waals surface area contributed by atoms with E-state index in [0.717, 1.165) is 24.1 Å². The van der Waals surface area contributed by atoms with Crippen molar-refractivity contribution in [3.8, 4) is 16.9 Å². The number of hydrogen-bond acceptors (Lipinski definition) is 5. The number of fused-ring (bicyclic) bond motifs is 1. The molecule has 0 radical (unpaired) electrons. The highest BCUT2D eigenvalue weighted by molar-refractivity contribution is 6.01. The van der Waals surface area contributed by atoms with Gasteiger partial charge in [-0.15, -0.1) is 0 Å². The number of amides is 1. The van der Waals surface area contributed by atoms with Crippen LogP contribution in [-0.4, -0.2) is 20.6 Å². The van der Waals surface area contributed by atoms with E-state index in [2.05, 4.69) is 19.9 Å². The summed E-state index contributed by atoms with van der Waals surface area (Å²) in [5.74, 6) is 0.138. The van der Waals surface area contributed by atoms with Gasteiger partial charge >= 0.3 is 6.09 Å². The molecule has 0 spiro atoms. The van der Waals surface area contributed by atoms with Crippen LogP contribution in [0.25, 0.3) is 22.2 Å². The van der Waals surface area contributed by atoms with Gasteiger partial charge in [-0.05, 0) is 42.7 Å². The molecule has 2 heterocycles. The molecule has 0 saturated heterocycles. The Morgan fingerprint density at radius 1 is 1.17 bits per heavy atom. The van der Waals surface area contributed by atoms with Crippen molar-refractivity contribution in [2.24, 2.45) is 0 Å². The number of benzene rings is 2. The summed E-state index contributed by atoms with van der Waals surface area (Å²) >= 11 is 0. The Hall–Kier alpha value is -3.94. The van der Waals surface area contributed by atoms with Gasteiger partial charge in [0.1, 0.15) is 29.4 Å². The number of nitrogens with two attached hydrogens (primary N) is 1. The molecular weight excluding hydrogens is 385 g/mol. The van der Waals surface area contributed by atoms with Gasteiger partial charge < -0.3 is 15.0 Å². The van der Waals surface area contributed by atoms with E-state index in [4.69, 9.17) is 10.5 Å². The molecule has 4 aromatic rings. The Balaban J connectivity index is 1.45. The van der Waals surface area contributed by atoms with Gasteiger partial charge in [0.05, 0.1) is 11.1 Å². The largest absolute Gasteiger partial charge is 0.417 e. The second-order valence-corrected chi connectivity index (χ2v) is 7.16. The first-order valence-corrected chi connectivity index (χ1v) is 9.55. The number of para-hydroxylation sites is 1. The first kappa shape index (κ1) is 18.1. The molecule has 0 atom stereocenters.